The molecular weight excluding hydrogens is 328 g/mol. The Bertz CT molecular complexity index is 764. The maximum atomic E-state index is 11.8. The van der Waals surface area contributed by atoms with Crippen LogP contribution >= 0.6 is 22.7 Å². The zero-order chi connectivity index (χ0) is 15.9. The molecule has 3 rings (SSSR count). The van der Waals surface area contributed by atoms with Crippen molar-refractivity contribution >= 4 is 34.7 Å². The van der Waals surface area contributed by atoms with E-state index < -0.39 is 0 Å². The molecule has 6 heteroatoms. The quantitative estimate of drug-likeness (QED) is 0.679. The first-order valence-corrected chi connectivity index (χ1v) is 8.71. The van der Waals surface area contributed by atoms with Gasteiger partial charge in [0, 0.05) is 29.1 Å². The number of benzene rings is 1. The highest BCUT2D eigenvalue weighted by Crippen LogP contribution is 2.23. The Morgan fingerprint density at radius 1 is 1.17 bits per heavy atom. The summed E-state index contributed by atoms with van der Waals surface area (Å²) in [5, 5.41) is 7.31. The van der Waals surface area contributed by atoms with Crippen molar-refractivity contribution in [3.05, 3.63) is 69.9 Å². The van der Waals surface area contributed by atoms with Crippen molar-refractivity contribution in [2.45, 2.75) is 6.54 Å². The van der Waals surface area contributed by atoms with Gasteiger partial charge in [-0.05, 0) is 35.2 Å². The lowest BCUT2D eigenvalue weighted by Gasteiger charge is -2.05. The van der Waals surface area contributed by atoms with Gasteiger partial charge in [-0.1, -0.05) is 29.5 Å². The topological polar surface area (TPSA) is 51.2 Å². The minimum atomic E-state index is -0.110. The minimum Gasteiger partial charge on any atom is -0.431 e. The smallest absolute Gasteiger partial charge is 0.278 e. The van der Waals surface area contributed by atoms with Crippen LogP contribution in [0.15, 0.2) is 59.4 Å². The van der Waals surface area contributed by atoms with Crippen LogP contribution in [-0.4, -0.2) is 10.9 Å². The SMILES string of the molecule is O=C(/C=C/c1cccs1)NCc1ccc(Oc2nccs2)cc1. The fraction of sp³-hybridized carbons (Fsp3) is 0.0588. The van der Waals surface area contributed by atoms with Crippen LogP contribution in [-0.2, 0) is 11.3 Å². The highest BCUT2D eigenvalue weighted by atomic mass is 32.1. The first kappa shape index (κ1) is 15.5. The molecule has 2 aromatic heterocycles. The van der Waals surface area contributed by atoms with Crippen LogP contribution in [0.25, 0.3) is 6.08 Å². The van der Waals surface area contributed by atoms with Crippen molar-refractivity contribution in [2.75, 3.05) is 0 Å². The first-order chi connectivity index (χ1) is 11.3. The van der Waals surface area contributed by atoms with E-state index in [0.717, 1.165) is 16.2 Å². The normalized spacial score (nSPS) is 10.8. The summed E-state index contributed by atoms with van der Waals surface area (Å²) in [6.45, 7) is 0.477. The lowest BCUT2D eigenvalue weighted by Crippen LogP contribution is -2.20. The summed E-state index contributed by atoms with van der Waals surface area (Å²) < 4.78 is 5.59. The molecule has 0 bridgehead atoms. The van der Waals surface area contributed by atoms with Crippen LogP contribution in [0.3, 0.4) is 0 Å². The molecular formula is C17H14N2O2S2. The number of ether oxygens (including phenoxy) is 1. The second kappa shape index (κ2) is 7.71. The Labute approximate surface area is 142 Å². The molecule has 1 N–H and O–H groups in total. The van der Waals surface area contributed by atoms with Crippen LogP contribution in [0.1, 0.15) is 10.4 Å². The summed E-state index contributed by atoms with van der Waals surface area (Å²) in [6.07, 6.45) is 5.06. The van der Waals surface area contributed by atoms with E-state index in [9.17, 15) is 4.79 Å². The molecule has 116 valence electrons. The van der Waals surface area contributed by atoms with E-state index >= 15 is 0 Å². The number of nitrogens with zero attached hydrogens (tertiary/aromatic N) is 1. The standard InChI is InChI=1S/C17H14N2O2S2/c20-16(8-7-15-2-1-10-22-15)19-12-13-3-5-14(6-4-13)21-17-18-9-11-23-17/h1-11H,12H2,(H,19,20)/b8-7+. The van der Waals surface area contributed by atoms with E-state index in [-0.39, 0.29) is 5.91 Å². The summed E-state index contributed by atoms with van der Waals surface area (Å²) in [6, 6.07) is 11.5. The Morgan fingerprint density at radius 3 is 2.74 bits per heavy atom. The third kappa shape index (κ3) is 4.77. The van der Waals surface area contributed by atoms with Crippen LogP contribution in [0.4, 0.5) is 0 Å². The van der Waals surface area contributed by atoms with E-state index in [1.165, 1.54) is 11.3 Å². The van der Waals surface area contributed by atoms with E-state index in [2.05, 4.69) is 10.3 Å². The summed E-state index contributed by atoms with van der Waals surface area (Å²) in [5.74, 6) is 0.620. The predicted molar refractivity (Wildman–Crippen MR) is 93.8 cm³/mol. The number of hydrogen-bond donors (Lipinski definition) is 1. The van der Waals surface area contributed by atoms with Gasteiger partial charge in [-0.25, -0.2) is 4.98 Å². The van der Waals surface area contributed by atoms with E-state index in [1.807, 2.05) is 53.2 Å². The average molecular weight is 342 g/mol. The van der Waals surface area contributed by atoms with Gasteiger partial charge in [-0.15, -0.1) is 11.3 Å². The molecule has 0 aliphatic rings. The lowest BCUT2D eigenvalue weighted by atomic mass is 10.2. The number of nitrogens with one attached hydrogen (secondary N) is 1. The van der Waals surface area contributed by atoms with Crippen molar-refractivity contribution in [2.24, 2.45) is 0 Å². The summed E-state index contributed by atoms with van der Waals surface area (Å²) in [7, 11) is 0. The summed E-state index contributed by atoms with van der Waals surface area (Å²) in [5.41, 5.74) is 1.01. The predicted octanol–water partition coefficient (Wildman–Crippen LogP) is 4.33. The van der Waals surface area contributed by atoms with Gasteiger partial charge in [-0.2, -0.15) is 0 Å². The number of hydrogen-bond acceptors (Lipinski definition) is 5. The van der Waals surface area contributed by atoms with Crippen LogP contribution in [0, 0.1) is 0 Å². The fourth-order valence-electron chi connectivity index (χ4n) is 1.83. The third-order valence-electron chi connectivity index (χ3n) is 2.95. The zero-order valence-electron chi connectivity index (χ0n) is 12.1. The van der Waals surface area contributed by atoms with E-state index in [1.54, 1.807) is 23.6 Å². The van der Waals surface area contributed by atoms with Gasteiger partial charge < -0.3 is 10.1 Å². The number of thiazole rings is 1. The van der Waals surface area contributed by atoms with Crippen LogP contribution in [0.2, 0.25) is 0 Å². The molecule has 3 aromatic rings. The van der Waals surface area contributed by atoms with Gasteiger partial charge in [0.2, 0.25) is 5.91 Å². The molecule has 2 heterocycles. The monoisotopic (exact) mass is 342 g/mol. The number of carbonyl (C=O) groups excluding carboxylic acids is 1. The highest BCUT2D eigenvalue weighted by molar-refractivity contribution is 7.11. The molecule has 0 fully saturated rings. The van der Waals surface area contributed by atoms with Gasteiger partial charge in [-0.3, -0.25) is 4.79 Å². The van der Waals surface area contributed by atoms with Gasteiger partial charge in [0.25, 0.3) is 5.19 Å². The molecule has 0 spiro atoms. The zero-order valence-corrected chi connectivity index (χ0v) is 13.8. The van der Waals surface area contributed by atoms with Crippen molar-refractivity contribution in [1.29, 1.82) is 0 Å². The third-order valence-corrected chi connectivity index (χ3v) is 4.43. The van der Waals surface area contributed by atoms with Crippen molar-refractivity contribution in [1.82, 2.24) is 10.3 Å². The van der Waals surface area contributed by atoms with Crippen LogP contribution in [0.5, 0.6) is 10.9 Å². The first-order valence-electron chi connectivity index (χ1n) is 6.95. The Kier molecular flexibility index (Phi) is 5.18. The number of carbonyl (C=O) groups is 1. The fourth-order valence-corrected chi connectivity index (χ4v) is 2.95. The molecule has 4 nitrogen and oxygen atoms in total. The molecule has 0 aliphatic carbocycles. The Balaban J connectivity index is 1.49. The molecule has 0 saturated carbocycles. The Morgan fingerprint density at radius 2 is 2.04 bits per heavy atom. The van der Waals surface area contributed by atoms with Crippen molar-refractivity contribution in [3.8, 4) is 10.9 Å². The van der Waals surface area contributed by atoms with Gasteiger partial charge in [0.05, 0.1) is 0 Å². The van der Waals surface area contributed by atoms with Crippen molar-refractivity contribution in [3.63, 3.8) is 0 Å². The second-order valence-electron chi connectivity index (χ2n) is 4.61. The largest absolute Gasteiger partial charge is 0.431 e. The maximum Gasteiger partial charge on any atom is 0.278 e. The molecule has 1 aromatic carbocycles. The molecule has 0 atom stereocenters. The Hall–Kier alpha value is -2.44. The second-order valence-corrected chi connectivity index (χ2v) is 6.45. The number of thiophene rings is 1. The van der Waals surface area contributed by atoms with E-state index in [4.69, 9.17) is 4.74 Å². The lowest BCUT2D eigenvalue weighted by molar-refractivity contribution is -0.116. The molecule has 0 unspecified atom stereocenters. The minimum absolute atomic E-state index is 0.110. The highest BCUT2D eigenvalue weighted by Gasteiger charge is 2.01. The van der Waals surface area contributed by atoms with Gasteiger partial charge >= 0.3 is 0 Å². The number of amides is 1. The van der Waals surface area contributed by atoms with Gasteiger partial charge in [0.15, 0.2) is 0 Å². The molecule has 0 aliphatic heterocycles. The van der Waals surface area contributed by atoms with E-state index in [0.29, 0.717) is 11.7 Å². The number of rotatable bonds is 6. The van der Waals surface area contributed by atoms with Crippen LogP contribution < -0.4 is 10.1 Å². The summed E-state index contributed by atoms with van der Waals surface area (Å²) in [4.78, 5) is 16.9. The maximum absolute atomic E-state index is 11.8. The molecule has 0 saturated heterocycles. The molecule has 23 heavy (non-hydrogen) atoms. The average Bonchev–Trinajstić information content (AvgIpc) is 3.26. The summed E-state index contributed by atoms with van der Waals surface area (Å²) >= 11 is 3.04. The molecule has 1 amide bonds. The van der Waals surface area contributed by atoms with Gasteiger partial charge in [0.1, 0.15) is 5.75 Å². The van der Waals surface area contributed by atoms with Crippen molar-refractivity contribution < 1.29 is 9.53 Å². The molecule has 0 radical (unpaired) electrons. The number of aromatic nitrogens is 1.